The first-order chi connectivity index (χ1) is 8.76. The number of hydrogen-bond acceptors (Lipinski definition) is 3. The number of ether oxygens (including phenoxy) is 1. The van der Waals surface area contributed by atoms with Gasteiger partial charge < -0.3 is 15.0 Å². The fourth-order valence-corrected chi connectivity index (χ4v) is 3.50. The summed E-state index contributed by atoms with van der Waals surface area (Å²) in [6, 6.07) is 6.73. The number of halogens is 1. The van der Waals surface area contributed by atoms with Gasteiger partial charge in [-0.15, -0.1) is 0 Å². The van der Waals surface area contributed by atoms with Crippen molar-refractivity contribution in [3.63, 3.8) is 0 Å². The molecule has 0 radical (unpaired) electrons. The summed E-state index contributed by atoms with van der Waals surface area (Å²) >= 11 is 3.53. The van der Waals surface area contributed by atoms with Gasteiger partial charge in [0.25, 0.3) is 0 Å². The lowest BCUT2D eigenvalue weighted by molar-refractivity contribution is 0.254. The predicted molar refractivity (Wildman–Crippen MR) is 77.3 cm³/mol. The smallest absolute Gasteiger partial charge is 0.142 e. The third-order valence-electron chi connectivity index (χ3n) is 4.14. The van der Waals surface area contributed by atoms with Gasteiger partial charge in [0.15, 0.2) is 0 Å². The highest BCUT2D eigenvalue weighted by molar-refractivity contribution is 9.10. The summed E-state index contributed by atoms with van der Waals surface area (Å²) < 4.78 is 6.52. The second-order valence-electron chi connectivity index (χ2n) is 5.23. The van der Waals surface area contributed by atoms with E-state index in [0.29, 0.717) is 6.04 Å². The van der Waals surface area contributed by atoms with E-state index >= 15 is 0 Å². The quantitative estimate of drug-likeness (QED) is 0.929. The maximum absolute atomic E-state index is 5.43. The molecule has 18 heavy (non-hydrogen) atoms. The van der Waals surface area contributed by atoms with Gasteiger partial charge >= 0.3 is 0 Å². The molecule has 3 unspecified atom stereocenters. The molecule has 0 spiro atoms. The highest BCUT2D eigenvalue weighted by atomic mass is 79.9. The Morgan fingerprint density at radius 2 is 2.17 bits per heavy atom. The monoisotopic (exact) mass is 310 g/mol. The van der Waals surface area contributed by atoms with E-state index in [1.54, 1.807) is 7.11 Å². The highest BCUT2D eigenvalue weighted by Gasteiger charge is 2.34. The second kappa shape index (κ2) is 5.10. The standard InChI is InChI=1S/C14H19BrN2O/c1-18-14-3-2-11(15)8-13(14)16-12-5-7-17-6-4-10(12)9-17/h2-3,8,10,12,16H,4-7,9H2,1H3. The third kappa shape index (κ3) is 2.36. The Morgan fingerprint density at radius 3 is 3.00 bits per heavy atom. The van der Waals surface area contributed by atoms with Crippen LogP contribution in [0.1, 0.15) is 12.8 Å². The number of piperidine rings is 1. The SMILES string of the molecule is COc1ccc(Br)cc1NC1CCN2CCC1C2. The van der Waals surface area contributed by atoms with Gasteiger partial charge in [0.2, 0.25) is 0 Å². The van der Waals surface area contributed by atoms with E-state index < -0.39 is 0 Å². The van der Waals surface area contributed by atoms with Crippen molar-refractivity contribution in [3.05, 3.63) is 22.7 Å². The van der Waals surface area contributed by atoms with Crippen molar-refractivity contribution in [2.24, 2.45) is 5.92 Å². The van der Waals surface area contributed by atoms with Crippen LogP contribution in [0.3, 0.4) is 0 Å². The lowest BCUT2D eigenvalue weighted by atomic mass is 9.94. The van der Waals surface area contributed by atoms with Gasteiger partial charge in [-0.05, 0) is 43.5 Å². The fraction of sp³-hybridized carbons (Fsp3) is 0.571. The molecule has 4 heteroatoms. The maximum atomic E-state index is 5.43. The molecule has 1 aromatic rings. The zero-order valence-corrected chi connectivity index (χ0v) is 12.2. The van der Waals surface area contributed by atoms with Crippen LogP contribution in [0, 0.1) is 5.92 Å². The average molecular weight is 311 g/mol. The Labute approximate surface area is 117 Å². The fourth-order valence-electron chi connectivity index (χ4n) is 3.13. The van der Waals surface area contributed by atoms with Crippen LogP contribution in [0.25, 0.3) is 0 Å². The molecule has 3 rings (SSSR count). The van der Waals surface area contributed by atoms with E-state index in [4.69, 9.17) is 4.74 Å². The topological polar surface area (TPSA) is 24.5 Å². The summed E-state index contributed by atoms with van der Waals surface area (Å²) in [5.41, 5.74) is 1.11. The van der Waals surface area contributed by atoms with E-state index in [2.05, 4.69) is 32.2 Å². The van der Waals surface area contributed by atoms with E-state index in [0.717, 1.165) is 21.8 Å². The minimum Gasteiger partial charge on any atom is -0.495 e. The van der Waals surface area contributed by atoms with E-state index in [9.17, 15) is 0 Å². The molecule has 2 heterocycles. The summed E-state index contributed by atoms with van der Waals surface area (Å²) in [5.74, 6) is 1.72. The van der Waals surface area contributed by atoms with Crippen molar-refractivity contribution in [3.8, 4) is 5.75 Å². The number of rotatable bonds is 3. The van der Waals surface area contributed by atoms with Gasteiger partial charge in [0.1, 0.15) is 5.75 Å². The molecule has 3 atom stereocenters. The minimum absolute atomic E-state index is 0.590. The molecule has 98 valence electrons. The Morgan fingerprint density at radius 1 is 1.33 bits per heavy atom. The molecule has 0 amide bonds. The first-order valence-corrected chi connectivity index (χ1v) is 7.38. The number of methoxy groups -OCH3 is 1. The Kier molecular flexibility index (Phi) is 3.48. The van der Waals surface area contributed by atoms with E-state index in [1.807, 2.05) is 12.1 Å². The van der Waals surface area contributed by atoms with Gasteiger partial charge in [-0.1, -0.05) is 15.9 Å². The van der Waals surface area contributed by atoms with Crippen molar-refractivity contribution in [1.82, 2.24) is 4.90 Å². The van der Waals surface area contributed by atoms with Crippen molar-refractivity contribution < 1.29 is 4.74 Å². The first kappa shape index (κ1) is 12.3. The first-order valence-electron chi connectivity index (χ1n) is 6.58. The van der Waals surface area contributed by atoms with Crippen molar-refractivity contribution in [1.29, 1.82) is 0 Å². The molecule has 2 bridgehead atoms. The number of fused-ring (bicyclic) bond motifs is 2. The van der Waals surface area contributed by atoms with E-state index in [1.165, 1.54) is 32.5 Å². The summed E-state index contributed by atoms with van der Waals surface area (Å²) in [4.78, 5) is 2.57. The number of anilines is 1. The van der Waals surface area contributed by atoms with Gasteiger partial charge in [-0.25, -0.2) is 0 Å². The molecule has 3 nitrogen and oxygen atoms in total. The van der Waals surface area contributed by atoms with Crippen molar-refractivity contribution in [2.75, 3.05) is 32.1 Å². The molecule has 1 aromatic carbocycles. The van der Waals surface area contributed by atoms with Crippen LogP contribution in [0.15, 0.2) is 22.7 Å². The van der Waals surface area contributed by atoms with Crippen LogP contribution in [-0.4, -0.2) is 37.7 Å². The lowest BCUT2D eigenvalue weighted by Crippen LogP contribution is -2.39. The summed E-state index contributed by atoms with van der Waals surface area (Å²) in [7, 11) is 1.73. The lowest BCUT2D eigenvalue weighted by Gasteiger charge is -2.32. The molecular formula is C14H19BrN2O. The van der Waals surface area contributed by atoms with Crippen LogP contribution in [0.2, 0.25) is 0 Å². The average Bonchev–Trinajstić information content (AvgIpc) is 2.76. The molecule has 2 aliphatic heterocycles. The van der Waals surface area contributed by atoms with Crippen LogP contribution in [-0.2, 0) is 0 Å². The summed E-state index contributed by atoms with van der Waals surface area (Å²) in [5, 5.41) is 3.69. The number of nitrogens with zero attached hydrogens (tertiary/aromatic N) is 1. The van der Waals surface area contributed by atoms with Crippen molar-refractivity contribution in [2.45, 2.75) is 18.9 Å². The minimum atomic E-state index is 0.590. The molecule has 0 saturated carbocycles. The largest absolute Gasteiger partial charge is 0.495 e. The van der Waals surface area contributed by atoms with Crippen LogP contribution in [0.4, 0.5) is 5.69 Å². The Hall–Kier alpha value is -0.740. The predicted octanol–water partition coefficient (Wildman–Crippen LogP) is 2.96. The number of hydrogen-bond donors (Lipinski definition) is 1. The number of benzene rings is 1. The Balaban J connectivity index is 1.77. The molecule has 0 aromatic heterocycles. The molecule has 2 aliphatic rings. The molecule has 2 saturated heterocycles. The third-order valence-corrected chi connectivity index (χ3v) is 4.63. The number of nitrogens with one attached hydrogen (secondary N) is 1. The van der Waals surface area contributed by atoms with Gasteiger partial charge in [-0.3, -0.25) is 0 Å². The second-order valence-corrected chi connectivity index (χ2v) is 6.15. The summed E-state index contributed by atoms with van der Waals surface area (Å²) in [6.45, 7) is 3.76. The van der Waals surface area contributed by atoms with Crippen LogP contribution < -0.4 is 10.1 Å². The highest BCUT2D eigenvalue weighted by Crippen LogP contribution is 2.33. The zero-order valence-electron chi connectivity index (χ0n) is 10.7. The normalized spacial score (nSPS) is 30.2. The molecule has 1 N–H and O–H groups in total. The zero-order chi connectivity index (χ0) is 12.5. The maximum Gasteiger partial charge on any atom is 0.142 e. The van der Waals surface area contributed by atoms with Crippen LogP contribution >= 0.6 is 15.9 Å². The van der Waals surface area contributed by atoms with Gasteiger partial charge in [0.05, 0.1) is 12.8 Å². The van der Waals surface area contributed by atoms with Gasteiger partial charge in [0, 0.05) is 23.6 Å². The van der Waals surface area contributed by atoms with Gasteiger partial charge in [-0.2, -0.15) is 0 Å². The van der Waals surface area contributed by atoms with E-state index in [-0.39, 0.29) is 0 Å². The summed E-state index contributed by atoms with van der Waals surface area (Å²) in [6.07, 6.45) is 2.56. The molecule has 2 fully saturated rings. The molecule has 0 aliphatic carbocycles. The molecular weight excluding hydrogens is 292 g/mol. The van der Waals surface area contributed by atoms with Crippen LogP contribution in [0.5, 0.6) is 5.75 Å². The van der Waals surface area contributed by atoms with Crippen molar-refractivity contribution >= 4 is 21.6 Å². The Bertz CT molecular complexity index is 438.